The summed E-state index contributed by atoms with van der Waals surface area (Å²) in [4.78, 5) is 0. The van der Waals surface area contributed by atoms with Gasteiger partial charge in [-0.1, -0.05) is 19.9 Å². The van der Waals surface area contributed by atoms with Crippen LogP contribution in [0.5, 0.6) is 0 Å². The molecule has 0 bridgehead atoms. The highest BCUT2D eigenvalue weighted by molar-refractivity contribution is 7.80. The molecule has 2 nitrogen and oxygen atoms in total. The largest absolute Gasteiger partial charge is 0.362 e. The lowest BCUT2D eigenvalue weighted by Crippen LogP contribution is -2.40. The third-order valence-corrected chi connectivity index (χ3v) is 1.65. The van der Waals surface area contributed by atoms with Crippen LogP contribution in [-0.4, -0.2) is 17.7 Å². The first-order valence-corrected chi connectivity index (χ1v) is 4.64. The fourth-order valence-electron chi connectivity index (χ4n) is 0.614. The van der Waals surface area contributed by atoms with Crippen LogP contribution in [-0.2, 0) is 0 Å². The standard InChI is InChI=1S/C9H18N2S/c1-5-8(4)11-9(12)10-6-7(2)3/h5,7-8H,1,6H2,2-4H3,(H2,10,11,12). The maximum Gasteiger partial charge on any atom is 0.166 e. The summed E-state index contributed by atoms with van der Waals surface area (Å²) in [6.45, 7) is 10.9. The van der Waals surface area contributed by atoms with Crippen LogP contribution in [0.1, 0.15) is 20.8 Å². The molecule has 0 heterocycles. The summed E-state index contributed by atoms with van der Waals surface area (Å²) in [6, 6.07) is 0.233. The van der Waals surface area contributed by atoms with Crippen LogP contribution in [0.4, 0.5) is 0 Å². The van der Waals surface area contributed by atoms with E-state index in [0.717, 1.165) is 6.54 Å². The van der Waals surface area contributed by atoms with Crippen molar-refractivity contribution in [2.24, 2.45) is 5.92 Å². The Morgan fingerprint density at radius 1 is 1.50 bits per heavy atom. The third kappa shape index (κ3) is 6.16. The molecule has 0 saturated heterocycles. The van der Waals surface area contributed by atoms with Crippen molar-refractivity contribution in [2.75, 3.05) is 6.54 Å². The summed E-state index contributed by atoms with van der Waals surface area (Å²) in [7, 11) is 0. The molecule has 0 saturated carbocycles. The van der Waals surface area contributed by atoms with Crippen LogP contribution < -0.4 is 10.6 Å². The average Bonchev–Trinajstić information content (AvgIpc) is 2.00. The fraction of sp³-hybridized carbons (Fsp3) is 0.667. The molecule has 2 N–H and O–H groups in total. The molecule has 0 aromatic heterocycles. The van der Waals surface area contributed by atoms with E-state index in [0.29, 0.717) is 11.0 Å². The maximum absolute atomic E-state index is 5.04. The number of rotatable bonds is 4. The zero-order valence-corrected chi connectivity index (χ0v) is 8.87. The lowest BCUT2D eigenvalue weighted by molar-refractivity contribution is 0.616. The Hall–Kier alpha value is -0.570. The minimum absolute atomic E-state index is 0.233. The second-order valence-corrected chi connectivity index (χ2v) is 3.68. The van der Waals surface area contributed by atoms with Gasteiger partial charge in [0, 0.05) is 12.6 Å². The van der Waals surface area contributed by atoms with Gasteiger partial charge in [0.05, 0.1) is 0 Å². The highest BCUT2D eigenvalue weighted by atomic mass is 32.1. The number of nitrogens with one attached hydrogen (secondary N) is 2. The van der Waals surface area contributed by atoms with E-state index in [1.54, 1.807) is 0 Å². The summed E-state index contributed by atoms with van der Waals surface area (Å²) < 4.78 is 0. The summed E-state index contributed by atoms with van der Waals surface area (Å²) in [6.07, 6.45) is 1.82. The number of hydrogen-bond acceptors (Lipinski definition) is 1. The molecule has 0 aliphatic rings. The molecule has 70 valence electrons. The van der Waals surface area contributed by atoms with Gasteiger partial charge in [-0.05, 0) is 25.1 Å². The molecule has 1 atom stereocenters. The first-order valence-electron chi connectivity index (χ1n) is 4.23. The average molecular weight is 186 g/mol. The molecule has 3 heteroatoms. The van der Waals surface area contributed by atoms with Crippen LogP contribution >= 0.6 is 12.2 Å². The van der Waals surface area contributed by atoms with Crippen LogP contribution in [0.15, 0.2) is 12.7 Å². The number of hydrogen-bond donors (Lipinski definition) is 2. The van der Waals surface area contributed by atoms with Crippen LogP contribution in [0.3, 0.4) is 0 Å². The van der Waals surface area contributed by atoms with Crippen molar-refractivity contribution in [3.8, 4) is 0 Å². The Bertz CT molecular complexity index is 155. The second kappa shape index (κ2) is 6.00. The molecule has 0 radical (unpaired) electrons. The molecular weight excluding hydrogens is 168 g/mol. The van der Waals surface area contributed by atoms with Gasteiger partial charge in [0.1, 0.15) is 0 Å². The monoisotopic (exact) mass is 186 g/mol. The van der Waals surface area contributed by atoms with Gasteiger partial charge in [-0.3, -0.25) is 0 Å². The lowest BCUT2D eigenvalue weighted by atomic mass is 10.2. The van der Waals surface area contributed by atoms with E-state index < -0.39 is 0 Å². The highest BCUT2D eigenvalue weighted by Crippen LogP contribution is 1.87. The van der Waals surface area contributed by atoms with Crippen molar-refractivity contribution < 1.29 is 0 Å². The lowest BCUT2D eigenvalue weighted by Gasteiger charge is -2.14. The Labute approximate surface area is 80.4 Å². The topological polar surface area (TPSA) is 24.1 Å². The molecule has 0 aliphatic heterocycles. The molecule has 12 heavy (non-hydrogen) atoms. The van der Waals surface area contributed by atoms with Crippen molar-refractivity contribution in [3.05, 3.63) is 12.7 Å². The summed E-state index contributed by atoms with van der Waals surface area (Å²) in [5.41, 5.74) is 0. The van der Waals surface area contributed by atoms with E-state index in [1.165, 1.54) is 0 Å². The zero-order chi connectivity index (χ0) is 9.56. The third-order valence-electron chi connectivity index (χ3n) is 1.38. The van der Waals surface area contributed by atoms with Crippen molar-refractivity contribution in [2.45, 2.75) is 26.8 Å². The maximum atomic E-state index is 5.04. The van der Waals surface area contributed by atoms with Crippen molar-refractivity contribution >= 4 is 17.3 Å². The van der Waals surface area contributed by atoms with Crippen LogP contribution in [0.2, 0.25) is 0 Å². The fourth-order valence-corrected chi connectivity index (χ4v) is 0.883. The molecule has 1 unspecified atom stereocenters. The van der Waals surface area contributed by atoms with Gasteiger partial charge in [-0.15, -0.1) is 6.58 Å². The predicted molar refractivity (Wildman–Crippen MR) is 58.2 cm³/mol. The van der Waals surface area contributed by atoms with Crippen molar-refractivity contribution in [1.29, 1.82) is 0 Å². The molecule has 0 rings (SSSR count). The van der Waals surface area contributed by atoms with Gasteiger partial charge in [-0.25, -0.2) is 0 Å². The molecule has 0 aliphatic carbocycles. The van der Waals surface area contributed by atoms with Gasteiger partial charge in [-0.2, -0.15) is 0 Å². The second-order valence-electron chi connectivity index (χ2n) is 3.27. The normalized spacial score (nSPS) is 12.3. The number of thiocarbonyl (C=S) groups is 1. The summed E-state index contributed by atoms with van der Waals surface area (Å²) in [5.74, 6) is 0.615. The predicted octanol–water partition coefficient (Wildman–Crippen LogP) is 1.68. The van der Waals surface area contributed by atoms with E-state index in [9.17, 15) is 0 Å². The van der Waals surface area contributed by atoms with E-state index in [4.69, 9.17) is 12.2 Å². The summed E-state index contributed by atoms with van der Waals surface area (Å²) in [5, 5.41) is 6.91. The first kappa shape index (κ1) is 11.4. The molecular formula is C9H18N2S. The molecule has 0 fully saturated rings. The Balaban J connectivity index is 3.53. The smallest absolute Gasteiger partial charge is 0.166 e. The van der Waals surface area contributed by atoms with Gasteiger partial charge in [0.2, 0.25) is 0 Å². The van der Waals surface area contributed by atoms with Crippen molar-refractivity contribution in [1.82, 2.24) is 10.6 Å². The zero-order valence-electron chi connectivity index (χ0n) is 8.05. The van der Waals surface area contributed by atoms with Gasteiger partial charge < -0.3 is 10.6 Å². The Morgan fingerprint density at radius 2 is 2.08 bits per heavy atom. The van der Waals surface area contributed by atoms with E-state index in [2.05, 4.69) is 31.1 Å². The highest BCUT2D eigenvalue weighted by Gasteiger charge is 1.99. The Morgan fingerprint density at radius 3 is 2.50 bits per heavy atom. The van der Waals surface area contributed by atoms with Gasteiger partial charge in [0.15, 0.2) is 5.11 Å². The van der Waals surface area contributed by atoms with Gasteiger partial charge >= 0.3 is 0 Å². The minimum Gasteiger partial charge on any atom is -0.362 e. The molecule has 0 aromatic carbocycles. The van der Waals surface area contributed by atoms with E-state index >= 15 is 0 Å². The molecule has 0 amide bonds. The van der Waals surface area contributed by atoms with E-state index in [1.807, 2.05) is 13.0 Å². The molecule has 0 spiro atoms. The van der Waals surface area contributed by atoms with Gasteiger partial charge in [0.25, 0.3) is 0 Å². The quantitative estimate of drug-likeness (QED) is 0.516. The van der Waals surface area contributed by atoms with Crippen LogP contribution in [0.25, 0.3) is 0 Å². The SMILES string of the molecule is C=CC(C)NC(=S)NCC(C)C. The molecule has 0 aromatic rings. The summed E-state index contributed by atoms with van der Waals surface area (Å²) >= 11 is 5.04. The van der Waals surface area contributed by atoms with Crippen molar-refractivity contribution in [3.63, 3.8) is 0 Å². The first-order chi connectivity index (χ1) is 5.56. The van der Waals surface area contributed by atoms with E-state index in [-0.39, 0.29) is 6.04 Å². The minimum atomic E-state index is 0.233. The Kier molecular flexibility index (Phi) is 5.72. The van der Waals surface area contributed by atoms with Crippen LogP contribution in [0, 0.1) is 5.92 Å².